The highest BCUT2D eigenvalue weighted by molar-refractivity contribution is 5.78. The quantitative estimate of drug-likeness (QED) is 0.903. The summed E-state index contributed by atoms with van der Waals surface area (Å²) in [5.41, 5.74) is 1.11. The number of amides is 1. The van der Waals surface area contributed by atoms with Crippen molar-refractivity contribution in [3.05, 3.63) is 66.0 Å². The largest absolute Gasteiger partial charge is 0.393 e. The average molecular weight is 326 g/mol. The maximum Gasteiger partial charge on any atom is 0.228 e. The molecule has 1 atom stereocenters. The van der Waals surface area contributed by atoms with Crippen LogP contribution in [0.5, 0.6) is 0 Å². The van der Waals surface area contributed by atoms with Crippen LogP contribution in [0.25, 0.3) is 0 Å². The molecule has 3 rings (SSSR count). The van der Waals surface area contributed by atoms with Crippen molar-refractivity contribution < 1.29 is 14.6 Å². The number of hydrogen-bond donors (Lipinski definition) is 1. The number of carbonyl (C=O) groups excluding carboxylic acids is 1. The lowest BCUT2D eigenvalue weighted by Gasteiger charge is -2.42. The molecular weight excluding hydrogens is 304 g/mol. The van der Waals surface area contributed by atoms with Crippen molar-refractivity contribution in [3.63, 3.8) is 0 Å². The lowest BCUT2D eigenvalue weighted by molar-refractivity contribution is -0.157. The highest BCUT2D eigenvalue weighted by Crippen LogP contribution is 2.23. The lowest BCUT2D eigenvalue weighted by Crippen LogP contribution is -2.57. The SMILES string of the molecule is O=C(Cc1ccccn1)N1CCO[C@](CO)(Cc2ccccc2)C1. The van der Waals surface area contributed by atoms with Crippen molar-refractivity contribution in [2.24, 2.45) is 0 Å². The minimum Gasteiger partial charge on any atom is -0.393 e. The summed E-state index contributed by atoms with van der Waals surface area (Å²) in [6.45, 7) is 1.25. The molecule has 5 nitrogen and oxygen atoms in total. The predicted molar refractivity (Wildman–Crippen MR) is 90.4 cm³/mol. The Bertz CT molecular complexity index is 663. The number of ether oxygens (including phenoxy) is 1. The fourth-order valence-electron chi connectivity index (χ4n) is 3.05. The Labute approximate surface area is 141 Å². The number of carbonyl (C=O) groups is 1. The summed E-state index contributed by atoms with van der Waals surface area (Å²) in [6.07, 6.45) is 2.54. The molecule has 1 aromatic heterocycles. The minimum atomic E-state index is -0.737. The standard InChI is InChI=1S/C19H22N2O3/c22-15-19(13-16-6-2-1-3-7-16)14-21(10-11-24-19)18(23)12-17-8-4-5-9-20-17/h1-9,22H,10-15H2/t19-/m1/s1. The Morgan fingerprint density at radius 2 is 2.00 bits per heavy atom. The van der Waals surface area contributed by atoms with Crippen molar-refractivity contribution in [2.45, 2.75) is 18.4 Å². The van der Waals surface area contributed by atoms with E-state index in [1.54, 1.807) is 11.1 Å². The van der Waals surface area contributed by atoms with E-state index in [1.165, 1.54) is 0 Å². The van der Waals surface area contributed by atoms with E-state index in [0.29, 0.717) is 26.1 Å². The summed E-state index contributed by atoms with van der Waals surface area (Å²) >= 11 is 0. The Morgan fingerprint density at radius 1 is 1.21 bits per heavy atom. The van der Waals surface area contributed by atoms with Gasteiger partial charge in [0.05, 0.1) is 26.2 Å². The first-order valence-corrected chi connectivity index (χ1v) is 8.17. The van der Waals surface area contributed by atoms with Gasteiger partial charge < -0.3 is 14.7 Å². The van der Waals surface area contributed by atoms with Crippen molar-refractivity contribution in [3.8, 4) is 0 Å². The molecule has 0 radical (unpaired) electrons. The van der Waals surface area contributed by atoms with Gasteiger partial charge in [0.2, 0.25) is 5.91 Å². The molecule has 24 heavy (non-hydrogen) atoms. The number of pyridine rings is 1. The van der Waals surface area contributed by atoms with Crippen LogP contribution in [0, 0.1) is 0 Å². The van der Waals surface area contributed by atoms with Gasteiger partial charge in [0.25, 0.3) is 0 Å². The van der Waals surface area contributed by atoms with E-state index in [-0.39, 0.29) is 18.9 Å². The molecule has 126 valence electrons. The topological polar surface area (TPSA) is 62.7 Å². The summed E-state index contributed by atoms with van der Waals surface area (Å²) in [4.78, 5) is 18.6. The lowest BCUT2D eigenvalue weighted by atomic mass is 9.93. The van der Waals surface area contributed by atoms with Crippen LogP contribution in [0.3, 0.4) is 0 Å². The van der Waals surface area contributed by atoms with E-state index in [0.717, 1.165) is 11.3 Å². The van der Waals surface area contributed by atoms with Gasteiger partial charge in [0, 0.05) is 24.9 Å². The second-order valence-electron chi connectivity index (χ2n) is 6.17. The van der Waals surface area contributed by atoms with Gasteiger partial charge in [-0.3, -0.25) is 9.78 Å². The fourth-order valence-corrected chi connectivity index (χ4v) is 3.05. The van der Waals surface area contributed by atoms with E-state index in [4.69, 9.17) is 4.74 Å². The average Bonchev–Trinajstić information content (AvgIpc) is 2.63. The summed E-state index contributed by atoms with van der Waals surface area (Å²) in [7, 11) is 0. The monoisotopic (exact) mass is 326 g/mol. The number of rotatable bonds is 5. The minimum absolute atomic E-state index is 0.0166. The molecule has 1 amide bonds. The molecule has 1 fully saturated rings. The zero-order chi connectivity index (χ0) is 16.8. The normalized spacial score (nSPS) is 20.8. The van der Waals surface area contributed by atoms with Crippen LogP contribution in [0.15, 0.2) is 54.7 Å². The zero-order valence-corrected chi connectivity index (χ0v) is 13.6. The highest BCUT2D eigenvalue weighted by Gasteiger charge is 2.38. The van der Waals surface area contributed by atoms with Crippen molar-refractivity contribution in [1.82, 2.24) is 9.88 Å². The summed E-state index contributed by atoms with van der Waals surface area (Å²) < 4.78 is 5.89. The Morgan fingerprint density at radius 3 is 2.71 bits per heavy atom. The summed E-state index contributed by atoms with van der Waals surface area (Å²) in [6, 6.07) is 15.5. The highest BCUT2D eigenvalue weighted by atomic mass is 16.5. The molecule has 0 spiro atoms. The van der Waals surface area contributed by atoms with Crippen LogP contribution in [-0.2, 0) is 22.4 Å². The van der Waals surface area contributed by atoms with Crippen LogP contribution in [-0.4, -0.2) is 52.8 Å². The van der Waals surface area contributed by atoms with Crippen LogP contribution in [0.1, 0.15) is 11.3 Å². The van der Waals surface area contributed by atoms with Crippen molar-refractivity contribution in [1.29, 1.82) is 0 Å². The van der Waals surface area contributed by atoms with E-state index in [1.807, 2.05) is 48.5 Å². The number of hydrogen-bond acceptors (Lipinski definition) is 4. The van der Waals surface area contributed by atoms with E-state index in [9.17, 15) is 9.90 Å². The molecule has 1 aromatic carbocycles. The van der Waals surface area contributed by atoms with Gasteiger partial charge in [-0.15, -0.1) is 0 Å². The third kappa shape index (κ3) is 3.99. The molecular formula is C19H22N2O3. The van der Waals surface area contributed by atoms with Crippen LogP contribution in [0.2, 0.25) is 0 Å². The fraction of sp³-hybridized carbons (Fsp3) is 0.368. The molecule has 1 aliphatic rings. The first kappa shape index (κ1) is 16.6. The van der Waals surface area contributed by atoms with Gasteiger partial charge >= 0.3 is 0 Å². The van der Waals surface area contributed by atoms with Gasteiger partial charge in [-0.2, -0.15) is 0 Å². The second kappa shape index (κ2) is 7.55. The molecule has 0 unspecified atom stereocenters. The van der Waals surface area contributed by atoms with Crippen LogP contribution < -0.4 is 0 Å². The molecule has 0 saturated carbocycles. The van der Waals surface area contributed by atoms with Crippen molar-refractivity contribution in [2.75, 3.05) is 26.3 Å². The Kier molecular flexibility index (Phi) is 5.23. The van der Waals surface area contributed by atoms with Gasteiger partial charge in [0.15, 0.2) is 0 Å². The number of benzene rings is 1. The number of aromatic nitrogens is 1. The molecule has 5 heteroatoms. The molecule has 1 aliphatic heterocycles. The van der Waals surface area contributed by atoms with Gasteiger partial charge in [-0.25, -0.2) is 0 Å². The number of morpholine rings is 1. The molecule has 0 bridgehead atoms. The van der Waals surface area contributed by atoms with Gasteiger partial charge in [0.1, 0.15) is 5.60 Å². The van der Waals surface area contributed by atoms with Gasteiger partial charge in [-0.1, -0.05) is 36.4 Å². The maximum absolute atomic E-state index is 12.6. The molecule has 1 N–H and O–H groups in total. The van der Waals surface area contributed by atoms with Crippen LogP contribution in [0.4, 0.5) is 0 Å². The second-order valence-corrected chi connectivity index (χ2v) is 6.17. The molecule has 2 heterocycles. The first-order valence-electron chi connectivity index (χ1n) is 8.17. The first-order chi connectivity index (χ1) is 11.7. The summed E-state index contributed by atoms with van der Waals surface area (Å²) in [5.74, 6) is 0.0166. The van der Waals surface area contributed by atoms with E-state index in [2.05, 4.69) is 4.98 Å². The van der Waals surface area contributed by atoms with Crippen LogP contribution >= 0.6 is 0 Å². The summed E-state index contributed by atoms with van der Waals surface area (Å²) in [5, 5.41) is 9.92. The maximum atomic E-state index is 12.6. The number of aliphatic hydroxyl groups excluding tert-OH is 1. The molecule has 2 aromatic rings. The van der Waals surface area contributed by atoms with E-state index >= 15 is 0 Å². The number of nitrogens with zero attached hydrogens (tertiary/aromatic N) is 2. The Balaban J connectivity index is 1.68. The third-order valence-corrected chi connectivity index (χ3v) is 4.32. The predicted octanol–water partition coefficient (Wildman–Crippen LogP) is 1.46. The third-order valence-electron chi connectivity index (χ3n) is 4.32. The van der Waals surface area contributed by atoms with Crippen molar-refractivity contribution >= 4 is 5.91 Å². The molecule has 0 aliphatic carbocycles. The van der Waals surface area contributed by atoms with Gasteiger partial charge in [-0.05, 0) is 17.7 Å². The molecule has 1 saturated heterocycles. The smallest absolute Gasteiger partial charge is 0.228 e. The Hall–Kier alpha value is -2.24. The number of aliphatic hydroxyl groups is 1. The zero-order valence-electron chi connectivity index (χ0n) is 13.6. The van der Waals surface area contributed by atoms with E-state index < -0.39 is 5.60 Å².